The molecule has 0 saturated carbocycles. The lowest BCUT2D eigenvalue weighted by molar-refractivity contribution is -0.128. The Labute approximate surface area is 178 Å². The molecule has 0 aromatic heterocycles. The van der Waals surface area contributed by atoms with Crippen LogP contribution in [0, 0.1) is 0 Å². The van der Waals surface area contributed by atoms with Crippen molar-refractivity contribution in [2.75, 3.05) is 0 Å². The first-order valence-electron chi connectivity index (χ1n) is 8.92. The second kappa shape index (κ2) is 10.1. The van der Waals surface area contributed by atoms with Crippen molar-refractivity contribution in [3.63, 3.8) is 0 Å². The third-order valence-electron chi connectivity index (χ3n) is 3.72. The van der Waals surface area contributed by atoms with E-state index in [9.17, 15) is 9.59 Å². The van der Waals surface area contributed by atoms with Gasteiger partial charge in [0.2, 0.25) is 5.75 Å². The van der Waals surface area contributed by atoms with E-state index in [1.54, 1.807) is 36.4 Å². The van der Waals surface area contributed by atoms with Gasteiger partial charge in [-0.2, -0.15) is 0 Å². The molecule has 5 nitrogen and oxygen atoms in total. The van der Waals surface area contributed by atoms with Gasteiger partial charge in [0, 0.05) is 29.2 Å². The van der Waals surface area contributed by atoms with Crippen LogP contribution in [0.5, 0.6) is 23.0 Å². The predicted octanol–water partition coefficient (Wildman–Crippen LogP) is 5.79. The lowest BCUT2D eigenvalue weighted by atomic mass is 10.3. The molecule has 0 radical (unpaired) electrons. The highest BCUT2D eigenvalue weighted by molar-refractivity contribution is 7.99. The van der Waals surface area contributed by atoms with E-state index in [-0.39, 0.29) is 5.97 Å². The van der Waals surface area contributed by atoms with Crippen LogP contribution in [0.2, 0.25) is 0 Å². The minimum Gasteiger partial charge on any atom is -0.456 e. The van der Waals surface area contributed by atoms with Crippen molar-refractivity contribution < 1.29 is 23.8 Å². The van der Waals surface area contributed by atoms with E-state index in [0.29, 0.717) is 23.0 Å². The van der Waals surface area contributed by atoms with Gasteiger partial charge in [0.05, 0.1) is 11.0 Å². The quantitative estimate of drug-likeness (QED) is 0.200. The first kappa shape index (κ1) is 21.0. The average molecular weight is 419 g/mol. The zero-order chi connectivity index (χ0) is 21.3. The molecular weight excluding hydrogens is 400 g/mol. The Morgan fingerprint density at radius 2 is 1.57 bits per heavy atom. The summed E-state index contributed by atoms with van der Waals surface area (Å²) in [5, 5.41) is 0. The molecule has 3 aromatic carbocycles. The number of esters is 2. The Kier molecular flexibility index (Phi) is 7.08. The van der Waals surface area contributed by atoms with E-state index in [0.717, 1.165) is 15.9 Å². The predicted molar refractivity (Wildman–Crippen MR) is 117 cm³/mol. The average Bonchev–Trinajstić information content (AvgIpc) is 2.76. The lowest BCUT2D eigenvalue weighted by Gasteiger charge is -2.11. The van der Waals surface area contributed by atoms with E-state index in [1.807, 2.05) is 36.4 Å². The van der Waals surface area contributed by atoms with E-state index in [1.165, 1.54) is 17.8 Å². The van der Waals surface area contributed by atoms with Gasteiger partial charge < -0.3 is 14.3 Å². The van der Waals surface area contributed by atoms with Gasteiger partial charge in [-0.3, -0.25) is 4.74 Å². The van der Waals surface area contributed by atoms with Crippen LogP contribution >= 0.6 is 11.8 Å². The SMILES string of the molecule is C=CC(=O)Oc1cccc(Oc2ccccc2Sc2ccc(OC(=[OH+])C=C)cc2)c1. The summed E-state index contributed by atoms with van der Waals surface area (Å²) in [6.07, 6.45) is 2.33. The number of rotatable bonds is 8. The van der Waals surface area contributed by atoms with Gasteiger partial charge in [-0.25, -0.2) is 4.79 Å². The van der Waals surface area contributed by atoms with Crippen LogP contribution in [-0.4, -0.2) is 16.7 Å². The van der Waals surface area contributed by atoms with E-state index >= 15 is 0 Å². The van der Waals surface area contributed by atoms with Gasteiger partial charge >= 0.3 is 11.9 Å². The Morgan fingerprint density at radius 1 is 0.833 bits per heavy atom. The Bertz CT molecular complexity index is 1070. The molecule has 1 N–H and O–H groups in total. The van der Waals surface area contributed by atoms with Gasteiger partial charge in [-0.15, -0.1) is 0 Å². The zero-order valence-corrected chi connectivity index (χ0v) is 16.8. The van der Waals surface area contributed by atoms with Crippen LogP contribution in [0.15, 0.2) is 108 Å². The molecule has 6 heteroatoms. The van der Waals surface area contributed by atoms with Crippen LogP contribution in [0.4, 0.5) is 0 Å². The molecule has 0 bridgehead atoms. The standard InChI is InChI=1S/C24H18O5S/c1-3-23(25)28-17-12-14-20(15-13-17)30-22-11-6-5-10-21(22)27-18-8-7-9-19(16-18)29-24(26)4-2/h3-16H,1-2H2/p+1. The smallest absolute Gasteiger partial charge is 0.456 e. The molecule has 150 valence electrons. The molecular formula is C24H19O5S+. The van der Waals surface area contributed by atoms with Crippen molar-refractivity contribution in [1.82, 2.24) is 0 Å². The highest BCUT2D eigenvalue weighted by Gasteiger charge is 2.11. The maximum Gasteiger partial charge on any atom is 0.515 e. The van der Waals surface area contributed by atoms with Crippen LogP contribution in [-0.2, 0) is 4.79 Å². The number of hydrogen-bond donors (Lipinski definition) is 0. The number of ether oxygens (including phenoxy) is 3. The fourth-order valence-electron chi connectivity index (χ4n) is 2.37. The molecule has 0 amide bonds. The fourth-order valence-corrected chi connectivity index (χ4v) is 3.25. The van der Waals surface area contributed by atoms with Gasteiger partial charge in [0.25, 0.3) is 0 Å². The lowest BCUT2D eigenvalue weighted by Crippen LogP contribution is -2.03. The Balaban J connectivity index is 1.74. The monoisotopic (exact) mass is 419 g/mol. The second-order valence-electron chi connectivity index (χ2n) is 5.87. The summed E-state index contributed by atoms with van der Waals surface area (Å²) in [5.41, 5.74) is 0. The summed E-state index contributed by atoms with van der Waals surface area (Å²) < 4.78 is 16.3. The first-order chi connectivity index (χ1) is 14.6. The number of para-hydroxylation sites is 1. The maximum absolute atomic E-state index is 11.4. The molecule has 0 aliphatic heterocycles. The number of carbonyl (C=O) groups is 1. The molecule has 0 saturated heterocycles. The third-order valence-corrected chi connectivity index (χ3v) is 4.78. The van der Waals surface area contributed by atoms with Crippen LogP contribution in [0.3, 0.4) is 0 Å². The Hall–Kier alpha value is -3.77. The summed E-state index contributed by atoms with van der Waals surface area (Å²) in [7, 11) is 0. The summed E-state index contributed by atoms with van der Waals surface area (Å²) in [5.74, 6) is 1.29. The molecule has 30 heavy (non-hydrogen) atoms. The third kappa shape index (κ3) is 5.86. The first-order valence-corrected chi connectivity index (χ1v) is 9.74. The molecule has 0 fully saturated rings. The van der Waals surface area contributed by atoms with E-state index < -0.39 is 5.97 Å². The van der Waals surface area contributed by atoms with Gasteiger partial charge in [0.1, 0.15) is 17.2 Å². The molecule has 0 atom stereocenters. The van der Waals surface area contributed by atoms with Crippen molar-refractivity contribution in [2.24, 2.45) is 0 Å². The van der Waals surface area contributed by atoms with E-state index in [4.69, 9.17) is 14.2 Å². The minimum atomic E-state index is -0.533. The highest BCUT2D eigenvalue weighted by Crippen LogP contribution is 2.38. The van der Waals surface area contributed by atoms with Crippen LogP contribution in [0.1, 0.15) is 0 Å². The fraction of sp³-hybridized carbons (Fsp3) is 0. The number of benzene rings is 3. The molecule has 3 aromatic rings. The number of hydrogen-bond acceptors (Lipinski definition) is 5. The van der Waals surface area contributed by atoms with Gasteiger partial charge in [-0.05, 0) is 36.4 Å². The number of carbonyl (C=O) groups excluding carboxylic acids is 2. The highest BCUT2D eigenvalue weighted by atomic mass is 32.2. The van der Waals surface area contributed by atoms with Crippen molar-refractivity contribution in [3.05, 3.63) is 98.1 Å². The normalized spacial score (nSPS) is 10.0. The van der Waals surface area contributed by atoms with Crippen LogP contribution < -0.4 is 14.2 Å². The van der Waals surface area contributed by atoms with Crippen LogP contribution in [0.25, 0.3) is 0 Å². The van der Waals surface area contributed by atoms with Crippen molar-refractivity contribution in [2.45, 2.75) is 9.79 Å². The van der Waals surface area contributed by atoms with Gasteiger partial charge in [0.15, 0.2) is 0 Å². The summed E-state index contributed by atoms with van der Waals surface area (Å²) in [6, 6.07) is 21.7. The molecule has 0 aliphatic rings. The molecule has 0 unspecified atom stereocenters. The summed E-state index contributed by atoms with van der Waals surface area (Å²) >= 11 is 1.52. The Morgan fingerprint density at radius 3 is 2.30 bits per heavy atom. The van der Waals surface area contributed by atoms with Crippen molar-refractivity contribution >= 4 is 23.7 Å². The van der Waals surface area contributed by atoms with Gasteiger partial charge in [-0.1, -0.05) is 43.1 Å². The zero-order valence-electron chi connectivity index (χ0n) is 16.0. The topological polar surface area (TPSA) is 66.2 Å². The van der Waals surface area contributed by atoms with E-state index in [2.05, 4.69) is 13.2 Å². The molecule has 3 rings (SSSR count). The minimum absolute atomic E-state index is 0.254. The molecule has 0 heterocycles. The maximum atomic E-state index is 11.4. The van der Waals surface area contributed by atoms with Crippen molar-refractivity contribution in [3.8, 4) is 23.0 Å². The largest absolute Gasteiger partial charge is 0.515 e. The molecule has 0 spiro atoms. The summed E-state index contributed by atoms with van der Waals surface area (Å²) in [6.45, 7) is 6.83. The summed E-state index contributed by atoms with van der Waals surface area (Å²) in [4.78, 5) is 22.7. The van der Waals surface area contributed by atoms with Crippen molar-refractivity contribution in [1.29, 1.82) is 0 Å². The molecule has 0 aliphatic carbocycles. The second-order valence-corrected chi connectivity index (χ2v) is 6.98.